The smallest absolute Gasteiger partial charge is 0.326 e. The molecule has 0 aliphatic heterocycles. The highest BCUT2D eigenvalue weighted by atomic mass is 16.4. The van der Waals surface area contributed by atoms with Gasteiger partial charge in [-0.3, -0.25) is 14.8 Å². The van der Waals surface area contributed by atoms with Crippen LogP contribution in [0.2, 0.25) is 0 Å². The van der Waals surface area contributed by atoms with Crippen LogP contribution in [0.1, 0.15) is 15.9 Å². The van der Waals surface area contributed by atoms with Crippen molar-refractivity contribution in [3.63, 3.8) is 0 Å². The standard InChI is InChI=1S/C18H15N3O3/c22-17(13-6-7-14-15(11-13)20-9-8-19-14)21-16(18(23)24)10-12-4-2-1-3-5-12/h1-9,11,16H,10H2,(H,21,22)(H,23,24). The van der Waals surface area contributed by atoms with Gasteiger partial charge in [-0.15, -0.1) is 0 Å². The maximum atomic E-state index is 12.4. The maximum Gasteiger partial charge on any atom is 0.326 e. The van der Waals surface area contributed by atoms with Crippen molar-refractivity contribution in [2.75, 3.05) is 0 Å². The zero-order valence-corrected chi connectivity index (χ0v) is 12.7. The Kier molecular flexibility index (Phi) is 4.47. The third kappa shape index (κ3) is 3.55. The number of benzene rings is 2. The van der Waals surface area contributed by atoms with E-state index in [4.69, 9.17) is 0 Å². The van der Waals surface area contributed by atoms with Gasteiger partial charge in [0.1, 0.15) is 6.04 Å². The van der Waals surface area contributed by atoms with E-state index in [0.29, 0.717) is 16.6 Å². The van der Waals surface area contributed by atoms with Crippen molar-refractivity contribution >= 4 is 22.9 Å². The minimum Gasteiger partial charge on any atom is -0.480 e. The minimum atomic E-state index is -1.08. The molecule has 1 aromatic heterocycles. The number of hydrogen-bond donors (Lipinski definition) is 2. The lowest BCUT2D eigenvalue weighted by atomic mass is 10.1. The predicted molar refractivity (Wildman–Crippen MR) is 88.6 cm³/mol. The van der Waals surface area contributed by atoms with E-state index in [1.165, 1.54) is 0 Å². The summed E-state index contributed by atoms with van der Waals surface area (Å²) in [5.74, 6) is -1.53. The number of carbonyl (C=O) groups is 2. The summed E-state index contributed by atoms with van der Waals surface area (Å²) in [4.78, 5) is 32.1. The van der Waals surface area contributed by atoms with Crippen LogP contribution in [-0.4, -0.2) is 33.0 Å². The second-order valence-corrected chi connectivity index (χ2v) is 5.31. The van der Waals surface area contributed by atoms with Crippen molar-refractivity contribution in [2.24, 2.45) is 0 Å². The number of aliphatic carboxylic acids is 1. The molecule has 6 nitrogen and oxygen atoms in total. The zero-order valence-electron chi connectivity index (χ0n) is 12.7. The molecule has 0 aliphatic carbocycles. The summed E-state index contributed by atoms with van der Waals surface area (Å²) < 4.78 is 0. The van der Waals surface area contributed by atoms with E-state index in [1.807, 2.05) is 30.3 Å². The molecule has 0 saturated heterocycles. The Bertz CT molecular complexity index is 881. The molecule has 0 fully saturated rings. The molecule has 1 atom stereocenters. The number of nitrogens with one attached hydrogen (secondary N) is 1. The van der Waals surface area contributed by atoms with Gasteiger partial charge in [0.25, 0.3) is 5.91 Å². The number of carboxylic acids is 1. The lowest BCUT2D eigenvalue weighted by molar-refractivity contribution is -0.139. The number of carbonyl (C=O) groups excluding carboxylic acids is 1. The molecule has 24 heavy (non-hydrogen) atoms. The summed E-state index contributed by atoms with van der Waals surface area (Å²) in [5.41, 5.74) is 2.45. The van der Waals surface area contributed by atoms with Crippen molar-refractivity contribution in [1.29, 1.82) is 0 Å². The predicted octanol–water partition coefficient (Wildman–Crippen LogP) is 2.06. The number of fused-ring (bicyclic) bond motifs is 1. The molecule has 0 spiro atoms. The molecule has 6 heteroatoms. The van der Waals surface area contributed by atoms with Crippen LogP contribution in [-0.2, 0) is 11.2 Å². The lowest BCUT2D eigenvalue weighted by Gasteiger charge is -2.15. The van der Waals surface area contributed by atoms with Crippen molar-refractivity contribution in [1.82, 2.24) is 15.3 Å². The van der Waals surface area contributed by atoms with Crippen LogP contribution in [0.25, 0.3) is 11.0 Å². The van der Waals surface area contributed by atoms with E-state index in [0.717, 1.165) is 5.56 Å². The van der Waals surface area contributed by atoms with Gasteiger partial charge < -0.3 is 10.4 Å². The van der Waals surface area contributed by atoms with Gasteiger partial charge in [-0.05, 0) is 23.8 Å². The number of amides is 1. The van der Waals surface area contributed by atoms with Gasteiger partial charge >= 0.3 is 5.97 Å². The monoisotopic (exact) mass is 321 g/mol. The molecule has 2 aromatic carbocycles. The fourth-order valence-corrected chi connectivity index (χ4v) is 2.40. The molecule has 3 rings (SSSR count). The second kappa shape index (κ2) is 6.87. The van der Waals surface area contributed by atoms with Gasteiger partial charge in [0.2, 0.25) is 0 Å². The molecule has 1 amide bonds. The summed E-state index contributed by atoms with van der Waals surface area (Å²) in [6.07, 6.45) is 3.33. The molecule has 2 N–H and O–H groups in total. The van der Waals surface area contributed by atoms with Crippen molar-refractivity contribution in [2.45, 2.75) is 12.5 Å². The van der Waals surface area contributed by atoms with Gasteiger partial charge in [-0.1, -0.05) is 30.3 Å². The number of hydrogen-bond acceptors (Lipinski definition) is 4. The number of carboxylic acid groups (broad SMARTS) is 1. The summed E-state index contributed by atoms with van der Waals surface area (Å²) in [5, 5.41) is 11.9. The fourth-order valence-electron chi connectivity index (χ4n) is 2.40. The van der Waals surface area contributed by atoms with E-state index >= 15 is 0 Å². The molecule has 1 heterocycles. The Morgan fingerprint density at radius 2 is 1.71 bits per heavy atom. The van der Waals surface area contributed by atoms with Crippen LogP contribution in [0.5, 0.6) is 0 Å². The Morgan fingerprint density at radius 1 is 1.00 bits per heavy atom. The van der Waals surface area contributed by atoms with Crippen LogP contribution in [0, 0.1) is 0 Å². The first-order chi connectivity index (χ1) is 11.6. The van der Waals surface area contributed by atoms with E-state index < -0.39 is 17.9 Å². The van der Waals surface area contributed by atoms with Crippen LogP contribution in [0.3, 0.4) is 0 Å². The molecule has 0 bridgehead atoms. The summed E-state index contributed by atoms with van der Waals surface area (Å²) in [6, 6.07) is 13.1. The van der Waals surface area contributed by atoms with Crippen LogP contribution >= 0.6 is 0 Å². The summed E-state index contributed by atoms with van der Waals surface area (Å²) >= 11 is 0. The normalized spacial score (nSPS) is 11.8. The lowest BCUT2D eigenvalue weighted by Crippen LogP contribution is -2.42. The highest BCUT2D eigenvalue weighted by Crippen LogP contribution is 2.11. The molecule has 1 unspecified atom stereocenters. The highest BCUT2D eigenvalue weighted by Gasteiger charge is 2.21. The SMILES string of the molecule is O=C(NC(Cc1ccccc1)C(=O)O)c1ccc2nccnc2c1. The van der Waals surface area contributed by atoms with Gasteiger partial charge in [-0.2, -0.15) is 0 Å². The first-order valence-corrected chi connectivity index (χ1v) is 7.42. The highest BCUT2D eigenvalue weighted by molar-refractivity contribution is 5.99. The largest absolute Gasteiger partial charge is 0.480 e. The van der Waals surface area contributed by atoms with Crippen LogP contribution in [0.4, 0.5) is 0 Å². The van der Waals surface area contributed by atoms with Crippen LogP contribution < -0.4 is 5.32 Å². The Morgan fingerprint density at radius 3 is 2.42 bits per heavy atom. The van der Waals surface area contributed by atoms with Gasteiger partial charge in [-0.25, -0.2) is 4.79 Å². The van der Waals surface area contributed by atoms with E-state index in [9.17, 15) is 14.7 Å². The van der Waals surface area contributed by atoms with Crippen molar-refractivity contribution in [3.8, 4) is 0 Å². The van der Waals surface area contributed by atoms with Gasteiger partial charge in [0, 0.05) is 24.4 Å². The first kappa shape index (κ1) is 15.6. The van der Waals surface area contributed by atoms with Crippen molar-refractivity contribution in [3.05, 3.63) is 72.1 Å². The molecule has 0 saturated carbocycles. The molecular weight excluding hydrogens is 306 g/mol. The maximum absolute atomic E-state index is 12.4. The average molecular weight is 321 g/mol. The summed E-state index contributed by atoms with van der Waals surface area (Å²) in [6.45, 7) is 0. The molecule has 120 valence electrons. The second-order valence-electron chi connectivity index (χ2n) is 5.31. The van der Waals surface area contributed by atoms with E-state index in [2.05, 4.69) is 15.3 Å². The third-order valence-corrected chi connectivity index (χ3v) is 3.62. The number of aromatic nitrogens is 2. The first-order valence-electron chi connectivity index (χ1n) is 7.42. The van der Waals surface area contributed by atoms with Crippen molar-refractivity contribution < 1.29 is 14.7 Å². The topological polar surface area (TPSA) is 92.2 Å². The zero-order chi connectivity index (χ0) is 16.9. The number of rotatable bonds is 5. The average Bonchev–Trinajstić information content (AvgIpc) is 2.61. The van der Waals surface area contributed by atoms with E-state index in [1.54, 1.807) is 30.6 Å². The minimum absolute atomic E-state index is 0.218. The molecular formula is C18H15N3O3. The Balaban J connectivity index is 1.78. The Hall–Kier alpha value is -3.28. The van der Waals surface area contributed by atoms with E-state index in [-0.39, 0.29) is 6.42 Å². The fraction of sp³-hybridized carbons (Fsp3) is 0.111. The quantitative estimate of drug-likeness (QED) is 0.750. The van der Waals surface area contributed by atoms with Gasteiger partial charge in [0.05, 0.1) is 11.0 Å². The molecule has 0 radical (unpaired) electrons. The van der Waals surface area contributed by atoms with Crippen LogP contribution in [0.15, 0.2) is 60.9 Å². The Labute approximate surface area is 138 Å². The molecule has 0 aliphatic rings. The third-order valence-electron chi connectivity index (χ3n) is 3.62. The van der Waals surface area contributed by atoms with Gasteiger partial charge in [0.15, 0.2) is 0 Å². The summed E-state index contributed by atoms with van der Waals surface area (Å²) in [7, 11) is 0. The molecule has 3 aromatic rings. The number of nitrogens with zero attached hydrogens (tertiary/aromatic N) is 2.